The van der Waals surface area contributed by atoms with Crippen LogP contribution in [0.3, 0.4) is 0 Å². The molecule has 0 aliphatic carbocycles. The number of hydrogen-bond acceptors (Lipinski definition) is 4. The van der Waals surface area contributed by atoms with Crippen molar-refractivity contribution in [3.05, 3.63) is 0 Å². The number of halogens is 2. The minimum atomic E-state index is -2.58. The number of hydrogen-bond donors (Lipinski definition) is 0. The van der Waals surface area contributed by atoms with Crippen molar-refractivity contribution in [3.63, 3.8) is 0 Å². The first kappa shape index (κ1) is 22.5. The van der Waals surface area contributed by atoms with Crippen LogP contribution in [0.25, 0.3) is 0 Å². The Balaban J connectivity index is -0.0000000300. The van der Waals surface area contributed by atoms with Gasteiger partial charge in [-0.05, 0) is 0 Å². The summed E-state index contributed by atoms with van der Waals surface area (Å²) in [5.74, 6) is 0. The quantitative estimate of drug-likeness (QED) is 0.247. The first-order chi connectivity index (χ1) is 3.46. The fraction of sp³-hybridized carbons (Fsp3) is 0. The Kier molecular flexibility index (Phi) is 36.0. The van der Waals surface area contributed by atoms with Crippen LogP contribution < -0.4 is 47.9 Å². The second kappa shape index (κ2) is 16.0. The predicted molar refractivity (Wildman–Crippen MR) is 13.0 cm³/mol. The van der Waals surface area contributed by atoms with Crippen LogP contribution in [0, 0.1) is 0 Å². The molecule has 0 aliphatic heterocycles. The zero-order valence-corrected chi connectivity index (χ0v) is 5.39. The molecule has 0 unspecified atom stereocenters. The number of carbonyl (C=O) groups is 2. The topological polar surface area (TPSA) is 80.3 Å². The number of carboxylic acid groups (broad SMARTS) is 2. The second-order valence-electron chi connectivity index (χ2n) is 0.475. The third kappa shape index (κ3) is 14500000. The molecule has 0 rings (SSSR count). The molecule has 10 heavy (non-hydrogen) atoms. The van der Waals surface area contributed by atoms with E-state index in [1.807, 2.05) is 0 Å². The SMILES string of the molecule is O=C([O-])F.O=C([O-])F.[Li+].[Li+]. The van der Waals surface area contributed by atoms with Crippen LogP contribution >= 0.6 is 0 Å². The Morgan fingerprint density at radius 3 is 0.900 bits per heavy atom. The van der Waals surface area contributed by atoms with E-state index in [1.165, 1.54) is 0 Å². The molecule has 0 saturated carbocycles. The summed E-state index contributed by atoms with van der Waals surface area (Å²) in [6.07, 6.45) is -5.17. The van der Waals surface area contributed by atoms with Crippen LogP contribution in [0.2, 0.25) is 0 Å². The van der Waals surface area contributed by atoms with Crippen molar-refractivity contribution in [1.82, 2.24) is 0 Å². The van der Waals surface area contributed by atoms with Crippen molar-refractivity contribution < 1.29 is 66.3 Å². The van der Waals surface area contributed by atoms with E-state index in [9.17, 15) is 8.78 Å². The molecule has 0 aliphatic rings. The van der Waals surface area contributed by atoms with Gasteiger partial charge < -0.3 is 19.8 Å². The van der Waals surface area contributed by atoms with Gasteiger partial charge >= 0.3 is 37.7 Å². The fourth-order valence-corrected chi connectivity index (χ4v) is 0. The van der Waals surface area contributed by atoms with Crippen LogP contribution in [0.15, 0.2) is 0 Å². The Hall–Kier alpha value is -0.00519. The van der Waals surface area contributed by atoms with E-state index in [-0.39, 0.29) is 37.7 Å². The van der Waals surface area contributed by atoms with Crippen LogP contribution in [0.1, 0.15) is 0 Å². The molecule has 0 aromatic carbocycles. The Morgan fingerprint density at radius 2 is 0.900 bits per heavy atom. The van der Waals surface area contributed by atoms with Crippen LogP contribution in [0.5, 0.6) is 0 Å². The fourth-order valence-electron chi connectivity index (χ4n) is 0. The van der Waals surface area contributed by atoms with Crippen molar-refractivity contribution in [2.45, 2.75) is 0 Å². The van der Waals surface area contributed by atoms with Gasteiger partial charge in [-0.25, -0.2) is 0 Å². The molecule has 0 N–H and O–H groups in total. The molecular weight excluding hydrogens is 140 g/mol. The van der Waals surface area contributed by atoms with Gasteiger partial charge in [0.15, 0.2) is 0 Å². The molecule has 48 valence electrons. The second-order valence-corrected chi connectivity index (χ2v) is 0.475. The average Bonchev–Trinajstić information content (AvgIpc) is 1.25. The minimum absolute atomic E-state index is 0. The maximum atomic E-state index is 9.81. The molecule has 0 radical (unpaired) electrons. The maximum absolute atomic E-state index is 9.81. The monoisotopic (exact) mass is 140 g/mol. The molecule has 0 bridgehead atoms. The van der Waals surface area contributed by atoms with Gasteiger partial charge in [0.1, 0.15) is 0 Å². The van der Waals surface area contributed by atoms with Crippen molar-refractivity contribution in [2.75, 3.05) is 0 Å². The van der Waals surface area contributed by atoms with Crippen molar-refractivity contribution >= 4 is 12.4 Å². The summed E-state index contributed by atoms with van der Waals surface area (Å²) in [6, 6.07) is 0. The third-order valence-electron chi connectivity index (χ3n) is 0. The Morgan fingerprint density at radius 1 is 0.900 bits per heavy atom. The van der Waals surface area contributed by atoms with Gasteiger partial charge in [0, 0.05) is 0 Å². The van der Waals surface area contributed by atoms with Gasteiger partial charge in [0.05, 0.1) is 0 Å². The van der Waals surface area contributed by atoms with E-state index in [1.54, 1.807) is 0 Å². The molecule has 0 aromatic rings. The maximum Gasteiger partial charge on any atom is 1.00 e. The summed E-state index contributed by atoms with van der Waals surface area (Å²) in [6.45, 7) is 0. The largest absolute Gasteiger partial charge is 1.00 e. The molecule has 0 aromatic heterocycles. The standard InChI is InChI=1S/2CHFO2.2Li/c2*2-1(3)4;;/h2*(H,3,4);;/q;;2*+1/p-2. The Bertz CT molecular complexity index is 77.3. The predicted octanol–water partition coefficient (Wildman–Crippen LogP) is -7.39. The van der Waals surface area contributed by atoms with Crippen LogP contribution in [0.4, 0.5) is 18.4 Å². The van der Waals surface area contributed by atoms with Crippen molar-refractivity contribution in [1.29, 1.82) is 0 Å². The van der Waals surface area contributed by atoms with Gasteiger partial charge in [-0.15, -0.1) is 0 Å². The first-order valence-corrected chi connectivity index (χ1v) is 1.19. The summed E-state index contributed by atoms with van der Waals surface area (Å²) < 4.78 is 19.6. The average molecular weight is 140 g/mol. The number of carbonyl (C=O) groups excluding carboxylic acids is 2. The molecule has 8 heteroatoms. The Labute approximate surface area is 78.9 Å². The molecule has 0 atom stereocenters. The zero-order chi connectivity index (χ0) is 7.15. The van der Waals surface area contributed by atoms with Gasteiger partial charge in [-0.2, -0.15) is 8.78 Å². The first-order valence-electron chi connectivity index (χ1n) is 1.19. The smallest absolute Gasteiger partial charge is 0.520 e. The molecule has 4 nitrogen and oxygen atoms in total. The van der Waals surface area contributed by atoms with Gasteiger partial charge in [-0.1, -0.05) is 0 Å². The summed E-state index contributed by atoms with van der Waals surface area (Å²) in [5.41, 5.74) is 0. The van der Waals surface area contributed by atoms with Crippen LogP contribution in [-0.2, 0) is 0 Å². The normalized spacial score (nSPS) is 5.00. The van der Waals surface area contributed by atoms with Gasteiger partial charge in [0.2, 0.25) is 12.4 Å². The van der Waals surface area contributed by atoms with E-state index < -0.39 is 12.4 Å². The summed E-state index contributed by atoms with van der Waals surface area (Å²) in [7, 11) is 0. The van der Waals surface area contributed by atoms with E-state index in [2.05, 4.69) is 0 Å². The molecule has 0 amide bonds. The van der Waals surface area contributed by atoms with Crippen LogP contribution in [-0.4, -0.2) is 12.4 Å². The van der Waals surface area contributed by atoms with E-state index >= 15 is 0 Å². The molecule has 0 heterocycles. The third-order valence-corrected chi connectivity index (χ3v) is 0. The summed E-state index contributed by atoms with van der Waals surface area (Å²) in [5, 5.41) is 16.4. The van der Waals surface area contributed by atoms with E-state index in [0.717, 1.165) is 0 Å². The molecular formula is C2F2Li2O4. The summed E-state index contributed by atoms with van der Waals surface area (Å²) >= 11 is 0. The molecule has 0 spiro atoms. The van der Waals surface area contributed by atoms with Crippen molar-refractivity contribution in [3.8, 4) is 0 Å². The minimum Gasteiger partial charge on any atom is -0.520 e. The number of rotatable bonds is 0. The van der Waals surface area contributed by atoms with E-state index in [4.69, 9.17) is 19.8 Å². The molecule has 0 fully saturated rings. The molecule has 0 saturated heterocycles. The zero-order valence-electron chi connectivity index (χ0n) is 5.39. The van der Waals surface area contributed by atoms with Gasteiger partial charge in [-0.3, -0.25) is 0 Å². The van der Waals surface area contributed by atoms with E-state index in [0.29, 0.717) is 0 Å². The summed E-state index contributed by atoms with van der Waals surface area (Å²) in [4.78, 5) is 16.4. The van der Waals surface area contributed by atoms with Crippen molar-refractivity contribution in [2.24, 2.45) is 0 Å². The van der Waals surface area contributed by atoms with Gasteiger partial charge in [0.25, 0.3) is 0 Å².